The third-order valence-corrected chi connectivity index (χ3v) is 3.21. The second-order valence-corrected chi connectivity index (χ2v) is 4.48. The summed E-state index contributed by atoms with van der Waals surface area (Å²) >= 11 is 0. The number of nitrogens with zero attached hydrogens (tertiary/aromatic N) is 1. The molecular formula is C12H23N3O3. The van der Waals surface area contributed by atoms with Gasteiger partial charge in [-0.15, -0.1) is 0 Å². The molecule has 0 spiro atoms. The lowest BCUT2D eigenvalue weighted by Gasteiger charge is -2.34. The molecule has 0 radical (unpaired) electrons. The minimum absolute atomic E-state index is 0.0489. The van der Waals surface area contributed by atoms with Gasteiger partial charge >= 0.3 is 0 Å². The van der Waals surface area contributed by atoms with Crippen LogP contribution in [0.4, 0.5) is 0 Å². The van der Waals surface area contributed by atoms with E-state index < -0.39 is 6.04 Å². The summed E-state index contributed by atoms with van der Waals surface area (Å²) in [4.78, 5) is 25.3. The number of morpholine rings is 1. The zero-order valence-electron chi connectivity index (χ0n) is 11.4. The zero-order valence-corrected chi connectivity index (χ0v) is 11.4. The highest BCUT2D eigenvalue weighted by atomic mass is 16.5. The van der Waals surface area contributed by atoms with Gasteiger partial charge in [0.2, 0.25) is 11.8 Å². The molecule has 1 aliphatic heterocycles. The maximum absolute atomic E-state index is 12.1. The standard InChI is InChI=1S/C12H23N3O3/c1-4-9(2)14-7-11(16)15-5-6-18-8-10(15)12(17)13-3/h9-10,14H,4-8H2,1-3H3,(H,13,17). The third-order valence-electron chi connectivity index (χ3n) is 3.21. The minimum Gasteiger partial charge on any atom is -0.377 e. The van der Waals surface area contributed by atoms with Crippen molar-refractivity contribution < 1.29 is 14.3 Å². The average Bonchev–Trinajstić information content (AvgIpc) is 2.43. The Labute approximate surface area is 108 Å². The Morgan fingerprint density at radius 3 is 2.83 bits per heavy atom. The first-order valence-corrected chi connectivity index (χ1v) is 6.42. The maximum Gasteiger partial charge on any atom is 0.244 e. The van der Waals surface area contributed by atoms with Crippen molar-refractivity contribution in [2.24, 2.45) is 0 Å². The summed E-state index contributed by atoms with van der Waals surface area (Å²) in [7, 11) is 1.57. The van der Waals surface area contributed by atoms with E-state index >= 15 is 0 Å². The Bertz CT molecular complexity index is 296. The molecule has 1 aliphatic rings. The van der Waals surface area contributed by atoms with E-state index in [9.17, 15) is 9.59 Å². The smallest absolute Gasteiger partial charge is 0.244 e. The highest BCUT2D eigenvalue weighted by molar-refractivity contribution is 5.88. The number of amides is 2. The molecule has 0 bridgehead atoms. The lowest BCUT2D eigenvalue weighted by atomic mass is 10.2. The summed E-state index contributed by atoms with van der Waals surface area (Å²) < 4.78 is 5.26. The molecule has 1 fully saturated rings. The molecule has 6 heteroatoms. The fourth-order valence-electron chi connectivity index (χ4n) is 1.79. The summed E-state index contributed by atoms with van der Waals surface area (Å²) in [5, 5.41) is 5.71. The van der Waals surface area contributed by atoms with Crippen LogP contribution in [0.25, 0.3) is 0 Å². The molecule has 1 saturated heterocycles. The molecule has 0 aromatic rings. The Hall–Kier alpha value is -1.14. The van der Waals surface area contributed by atoms with Crippen molar-refractivity contribution in [3.05, 3.63) is 0 Å². The molecule has 1 rings (SSSR count). The van der Waals surface area contributed by atoms with E-state index in [0.29, 0.717) is 19.2 Å². The molecule has 0 saturated carbocycles. The fourth-order valence-corrected chi connectivity index (χ4v) is 1.79. The molecule has 104 valence electrons. The number of likely N-dealkylation sites (N-methyl/N-ethyl adjacent to an activating group) is 1. The van der Waals surface area contributed by atoms with Crippen molar-refractivity contribution in [3.63, 3.8) is 0 Å². The van der Waals surface area contributed by atoms with Crippen molar-refractivity contribution in [2.75, 3.05) is 33.4 Å². The van der Waals surface area contributed by atoms with E-state index in [0.717, 1.165) is 6.42 Å². The Morgan fingerprint density at radius 1 is 1.50 bits per heavy atom. The first-order chi connectivity index (χ1) is 8.60. The summed E-state index contributed by atoms with van der Waals surface area (Å²) in [6.45, 7) is 5.59. The largest absolute Gasteiger partial charge is 0.377 e. The molecule has 18 heavy (non-hydrogen) atoms. The van der Waals surface area contributed by atoms with E-state index in [4.69, 9.17) is 4.74 Å². The Kier molecular flexibility index (Phi) is 6.07. The SMILES string of the molecule is CCC(C)NCC(=O)N1CCOCC1C(=O)NC. The number of hydrogen-bond donors (Lipinski definition) is 2. The molecule has 2 N–H and O–H groups in total. The van der Waals surface area contributed by atoms with Crippen molar-refractivity contribution >= 4 is 11.8 Å². The molecule has 0 aromatic carbocycles. The summed E-state index contributed by atoms with van der Waals surface area (Å²) in [6, 6.07) is -0.205. The molecule has 1 heterocycles. The lowest BCUT2D eigenvalue weighted by Crippen LogP contribution is -2.57. The Balaban J connectivity index is 2.54. The second-order valence-electron chi connectivity index (χ2n) is 4.48. The summed E-state index contributed by atoms with van der Waals surface area (Å²) in [5.74, 6) is -0.223. The molecule has 6 nitrogen and oxygen atoms in total. The van der Waals surface area contributed by atoms with Gasteiger partial charge in [0, 0.05) is 19.6 Å². The van der Waals surface area contributed by atoms with Crippen LogP contribution in [0.15, 0.2) is 0 Å². The van der Waals surface area contributed by atoms with Crippen LogP contribution in [-0.4, -0.2) is 62.1 Å². The fraction of sp³-hybridized carbons (Fsp3) is 0.833. The molecule has 0 aromatic heterocycles. The number of carbonyl (C=O) groups excluding carboxylic acids is 2. The van der Waals surface area contributed by atoms with Gasteiger partial charge in [-0.05, 0) is 13.3 Å². The first kappa shape index (κ1) is 14.9. The van der Waals surface area contributed by atoms with Crippen molar-refractivity contribution in [1.82, 2.24) is 15.5 Å². The van der Waals surface area contributed by atoms with E-state index in [2.05, 4.69) is 17.6 Å². The number of nitrogens with one attached hydrogen (secondary N) is 2. The lowest BCUT2D eigenvalue weighted by molar-refractivity contribution is -0.147. The van der Waals surface area contributed by atoms with Gasteiger partial charge < -0.3 is 20.3 Å². The van der Waals surface area contributed by atoms with Crippen molar-refractivity contribution in [3.8, 4) is 0 Å². The van der Waals surface area contributed by atoms with Crippen LogP contribution in [0.2, 0.25) is 0 Å². The molecule has 2 unspecified atom stereocenters. The van der Waals surface area contributed by atoms with E-state index in [1.807, 2.05) is 6.92 Å². The van der Waals surface area contributed by atoms with Gasteiger partial charge in [-0.2, -0.15) is 0 Å². The predicted molar refractivity (Wildman–Crippen MR) is 68.1 cm³/mol. The van der Waals surface area contributed by atoms with Gasteiger partial charge in [-0.25, -0.2) is 0 Å². The number of rotatable bonds is 5. The quantitative estimate of drug-likeness (QED) is 0.686. The van der Waals surface area contributed by atoms with Crippen molar-refractivity contribution in [2.45, 2.75) is 32.4 Å². The predicted octanol–water partition coefficient (Wildman–Crippen LogP) is -0.652. The van der Waals surface area contributed by atoms with E-state index in [1.165, 1.54) is 0 Å². The summed E-state index contributed by atoms with van der Waals surface area (Å²) in [6.07, 6.45) is 0.968. The monoisotopic (exact) mass is 257 g/mol. The van der Waals surface area contributed by atoms with Gasteiger partial charge in [-0.3, -0.25) is 9.59 Å². The van der Waals surface area contributed by atoms with Crippen LogP contribution in [0, 0.1) is 0 Å². The van der Waals surface area contributed by atoms with Crippen LogP contribution >= 0.6 is 0 Å². The molecule has 2 amide bonds. The number of carbonyl (C=O) groups is 2. The minimum atomic E-state index is -0.505. The van der Waals surface area contributed by atoms with Crippen LogP contribution in [0.1, 0.15) is 20.3 Å². The number of hydrogen-bond acceptors (Lipinski definition) is 4. The van der Waals surface area contributed by atoms with Crippen molar-refractivity contribution in [1.29, 1.82) is 0 Å². The molecule has 2 atom stereocenters. The van der Waals surface area contributed by atoms with Crippen LogP contribution < -0.4 is 10.6 Å². The van der Waals surface area contributed by atoms with Crippen LogP contribution in [0.3, 0.4) is 0 Å². The third kappa shape index (κ3) is 3.96. The maximum atomic E-state index is 12.1. The first-order valence-electron chi connectivity index (χ1n) is 6.42. The van der Waals surface area contributed by atoms with Gasteiger partial charge in [0.25, 0.3) is 0 Å². The second kappa shape index (κ2) is 7.33. The van der Waals surface area contributed by atoms with Crippen LogP contribution in [0.5, 0.6) is 0 Å². The normalized spacial score (nSPS) is 21.5. The molecule has 0 aliphatic carbocycles. The van der Waals surface area contributed by atoms with E-state index in [-0.39, 0.29) is 25.0 Å². The van der Waals surface area contributed by atoms with E-state index in [1.54, 1.807) is 11.9 Å². The van der Waals surface area contributed by atoms with Gasteiger partial charge in [0.05, 0.1) is 19.8 Å². The average molecular weight is 257 g/mol. The Morgan fingerprint density at radius 2 is 2.22 bits per heavy atom. The zero-order chi connectivity index (χ0) is 13.5. The number of ether oxygens (including phenoxy) is 1. The molecular weight excluding hydrogens is 234 g/mol. The topological polar surface area (TPSA) is 70.7 Å². The van der Waals surface area contributed by atoms with Crippen LogP contribution in [-0.2, 0) is 14.3 Å². The van der Waals surface area contributed by atoms with Gasteiger partial charge in [-0.1, -0.05) is 6.92 Å². The highest BCUT2D eigenvalue weighted by Crippen LogP contribution is 2.07. The summed E-state index contributed by atoms with van der Waals surface area (Å²) in [5.41, 5.74) is 0. The van der Waals surface area contributed by atoms with Gasteiger partial charge in [0.1, 0.15) is 6.04 Å². The highest BCUT2D eigenvalue weighted by Gasteiger charge is 2.31. The van der Waals surface area contributed by atoms with Gasteiger partial charge in [0.15, 0.2) is 0 Å².